The molecule has 2 atom stereocenters. The van der Waals surface area contributed by atoms with Crippen LogP contribution in [-0.4, -0.2) is 48.3 Å². The molecule has 25 heavy (non-hydrogen) atoms. The number of likely N-dealkylation sites (tertiary alicyclic amines) is 1. The summed E-state index contributed by atoms with van der Waals surface area (Å²) in [4.78, 5) is 24.8. The molecule has 0 radical (unpaired) electrons. The fourth-order valence-corrected chi connectivity index (χ4v) is 3.19. The Kier molecular flexibility index (Phi) is 4.49. The summed E-state index contributed by atoms with van der Waals surface area (Å²) in [6.45, 7) is 0.987. The van der Waals surface area contributed by atoms with Gasteiger partial charge in [-0.1, -0.05) is 6.07 Å². The average Bonchev–Trinajstić information content (AvgIpc) is 3.01. The Hall–Kier alpha value is -2.45. The van der Waals surface area contributed by atoms with Gasteiger partial charge in [0.2, 0.25) is 12.7 Å². The zero-order valence-corrected chi connectivity index (χ0v) is 13.4. The van der Waals surface area contributed by atoms with Crippen LogP contribution in [0.15, 0.2) is 18.2 Å². The van der Waals surface area contributed by atoms with Crippen molar-refractivity contribution in [3.05, 3.63) is 23.8 Å². The lowest BCUT2D eigenvalue weighted by atomic mass is 9.96. The van der Waals surface area contributed by atoms with E-state index in [1.165, 1.54) is 19.1 Å². The maximum Gasteiger partial charge on any atom is 0.408 e. The maximum atomic E-state index is 13.4. The number of nitrogens with one attached hydrogen (secondary N) is 1. The summed E-state index contributed by atoms with van der Waals surface area (Å²) < 4.78 is 50.6. The Labute approximate surface area is 141 Å². The van der Waals surface area contributed by atoms with Crippen molar-refractivity contribution in [3.63, 3.8) is 0 Å². The van der Waals surface area contributed by atoms with Crippen LogP contribution in [0.4, 0.5) is 13.2 Å². The first kappa shape index (κ1) is 17.4. The molecule has 2 aliphatic rings. The van der Waals surface area contributed by atoms with Crippen molar-refractivity contribution >= 4 is 11.8 Å². The molecule has 0 spiro atoms. The molecule has 1 aromatic rings. The topological polar surface area (TPSA) is 67.9 Å². The molecule has 3 rings (SSSR count). The van der Waals surface area contributed by atoms with E-state index < -0.39 is 24.2 Å². The number of halogens is 3. The molecule has 0 saturated carbocycles. The van der Waals surface area contributed by atoms with Crippen LogP contribution in [0, 0.1) is 0 Å². The first-order chi connectivity index (χ1) is 11.8. The summed E-state index contributed by atoms with van der Waals surface area (Å²) in [7, 11) is 0. The highest BCUT2D eigenvalue weighted by Crippen LogP contribution is 2.38. The fraction of sp³-hybridized carbons (Fsp3) is 0.500. The molecule has 1 N–H and O–H groups in total. The Balaban J connectivity index is 1.90. The number of carbonyl (C=O) groups is 2. The Morgan fingerprint density at radius 3 is 2.68 bits per heavy atom. The van der Waals surface area contributed by atoms with Crippen LogP contribution in [0.2, 0.25) is 0 Å². The number of ether oxygens (including phenoxy) is 2. The molecule has 0 unspecified atom stereocenters. The van der Waals surface area contributed by atoms with E-state index in [2.05, 4.69) is 5.32 Å². The van der Waals surface area contributed by atoms with Gasteiger partial charge in [-0.3, -0.25) is 9.59 Å². The second kappa shape index (κ2) is 6.45. The minimum Gasteiger partial charge on any atom is -0.454 e. The third kappa shape index (κ3) is 3.49. The van der Waals surface area contributed by atoms with Crippen molar-refractivity contribution < 1.29 is 32.2 Å². The van der Waals surface area contributed by atoms with Crippen LogP contribution in [0.3, 0.4) is 0 Å². The summed E-state index contributed by atoms with van der Waals surface area (Å²) >= 11 is 0. The van der Waals surface area contributed by atoms with Crippen LogP contribution in [0.5, 0.6) is 11.5 Å². The molecule has 9 heteroatoms. The lowest BCUT2D eigenvalue weighted by Crippen LogP contribution is -2.58. The number of para-hydroxylation sites is 1. The van der Waals surface area contributed by atoms with Gasteiger partial charge in [-0.2, -0.15) is 13.2 Å². The molecule has 1 fully saturated rings. The first-order valence-electron chi connectivity index (χ1n) is 7.80. The third-order valence-corrected chi connectivity index (χ3v) is 4.25. The minimum absolute atomic E-state index is 0.0210. The summed E-state index contributed by atoms with van der Waals surface area (Å²) in [6.07, 6.45) is -4.67. The van der Waals surface area contributed by atoms with Gasteiger partial charge in [0.05, 0.1) is 5.56 Å². The van der Waals surface area contributed by atoms with Crippen molar-refractivity contribution in [2.45, 2.75) is 38.0 Å². The predicted molar refractivity (Wildman–Crippen MR) is 80.3 cm³/mol. The van der Waals surface area contributed by atoms with E-state index in [0.29, 0.717) is 5.75 Å². The maximum absolute atomic E-state index is 13.4. The van der Waals surface area contributed by atoms with Gasteiger partial charge in [-0.15, -0.1) is 0 Å². The Morgan fingerprint density at radius 2 is 2.00 bits per heavy atom. The highest BCUT2D eigenvalue weighted by Gasteiger charge is 2.48. The SMILES string of the molecule is CC(=O)N[C@@H]1CC[C@@H](C(F)(F)F)N(C(=O)c2cccc3c2OCO3)C1. The second-order valence-electron chi connectivity index (χ2n) is 6.03. The zero-order valence-electron chi connectivity index (χ0n) is 13.4. The summed E-state index contributed by atoms with van der Waals surface area (Å²) in [5.41, 5.74) is 0.0210. The van der Waals surface area contributed by atoms with E-state index in [0.717, 1.165) is 4.90 Å². The Bertz CT molecular complexity index is 692. The van der Waals surface area contributed by atoms with Gasteiger partial charge < -0.3 is 19.7 Å². The van der Waals surface area contributed by atoms with E-state index in [9.17, 15) is 22.8 Å². The van der Waals surface area contributed by atoms with E-state index in [1.807, 2.05) is 0 Å². The molecule has 2 amide bonds. The molecule has 0 aliphatic carbocycles. The fourth-order valence-electron chi connectivity index (χ4n) is 3.19. The predicted octanol–water partition coefficient (Wildman–Crippen LogP) is 2.09. The van der Waals surface area contributed by atoms with E-state index in [4.69, 9.17) is 9.47 Å². The number of hydrogen-bond acceptors (Lipinski definition) is 4. The summed E-state index contributed by atoms with van der Waals surface area (Å²) in [5, 5.41) is 2.59. The molecular formula is C16H17F3N2O4. The molecule has 2 heterocycles. The van der Waals surface area contributed by atoms with Gasteiger partial charge >= 0.3 is 6.18 Å². The number of carbonyl (C=O) groups excluding carboxylic acids is 2. The highest BCUT2D eigenvalue weighted by atomic mass is 19.4. The molecule has 0 bridgehead atoms. The molecule has 0 aromatic heterocycles. The number of fused-ring (bicyclic) bond motifs is 1. The third-order valence-electron chi connectivity index (χ3n) is 4.25. The first-order valence-corrected chi connectivity index (χ1v) is 7.80. The number of nitrogens with zero attached hydrogens (tertiary/aromatic N) is 1. The minimum atomic E-state index is -4.55. The highest BCUT2D eigenvalue weighted by molar-refractivity contribution is 5.98. The number of hydrogen-bond donors (Lipinski definition) is 1. The smallest absolute Gasteiger partial charge is 0.408 e. The van der Waals surface area contributed by atoms with Crippen LogP contribution in [0.1, 0.15) is 30.1 Å². The molecule has 2 aliphatic heterocycles. The zero-order chi connectivity index (χ0) is 18.2. The van der Waals surface area contributed by atoms with Gasteiger partial charge in [-0.05, 0) is 25.0 Å². The molecule has 1 saturated heterocycles. The van der Waals surface area contributed by atoms with Crippen molar-refractivity contribution in [2.75, 3.05) is 13.3 Å². The van der Waals surface area contributed by atoms with E-state index >= 15 is 0 Å². The van der Waals surface area contributed by atoms with E-state index in [-0.39, 0.29) is 43.4 Å². The molecule has 136 valence electrons. The molecule has 6 nitrogen and oxygen atoms in total. The van der Waals surface area contributed by atoms with Crippen LogP contribution >= 0.6 is 0 Å². The van der Waals surface area contributed by atoms with Crippen molar-refractivity contribution in [3.8, 4) is 11.5 Å². The van der Waals surface area contributed by atoms with Crippen molar-refractivity contribution in [1.82, 2.24) is 10.2 Å². The van der Waals surface area contributed by atoms with Gasteiger partial charge in [0.15, 0.2) is 11.5 Å². The Morgan fingerprint density at radius 1 is 1.24 bits per heavy atom. The van der Waals surface area contributed by atoms with Gasteiger partial charge in [0, 0.05) is 19.5 Å². The largest absolute Gasteiger partial charge is 0.454 e. The van der Waals surface area contributed by atoms with E-state index in [1.54, 1.807) is 6.07 Å². The summed E-state index contributed by atoms with van der Waals surface area (Å²) in [6, 6.07) is 2.10. The monoisotopic (exact) mass is 358 g/mol. The van der Waals surface area contributed by atoms with Gasteiger partial charge in [0.25, 0.3) is 5.91 Å². The van der Waals surface area contributed by atoms with Gasteiger partial charge in [-0.25, -0.2) is 0 Å². The number of amides is 2. The second-order valence-corrected chi connectivity index (χ2v) is 6.03. The number of rotatable bonds is 2. The number of piperidine rings is 1. The van der Waals surface area contributed by atoms with Gasteiger partial charge in [0.1, 0.15) is 6.04 Å². The van der Waals surface area contributed by atoms with Crippen molar-refractivity contribution in [2.24, 2.45) is 0 Å². The standard InChI is InChI=1S/C16H17F3N2O4/c1-9(22)20-10-5-6-13(16(17,18)19)21(7-10)15(23)11-3-2-4-12-14(11)25-8-24-12/h2-4,10,13H,5-8H2,1H3,(H,20,22)/t10-,13+/m1/s1. The van der Waals surface area contributed by atoms with Crippen molar-refractivity contribution in [1.29, 1.82) is 0 Å². The van der Waals surface area contributed by atoms with Crippen LogP contribution in [0.25, 0.3) is 0 Å². The quantitative estimate of drug-likeness (QED) is 0.879. The number of alkyl halides is 3. The summed E-state index contributed by atoms with van der Waals surface area (Å²) in [5.74, 6) is -0.667. The average molecular weight is 358 g/mol. The molecular weight excluding hydrogens is 341 g/mol. The lowest BCUT2D eigenvalue weighted by Gasteiger charge is -2.40. The molecule has 1 aromatic carbocycles. The van der Waals surface area contributed by atoms with Crippen LogP contribution < -0.4 is 14.8 Å². The number of benzene rings is 1. The normalized spacial score (nSPS) is 22.6. The van der Waals surface area contributed by atoms with Crippen LogP contribution in [-0.2, 0) is 4.79 Å². The lowest BCUT2D eigenvalue weighted by molar-refractivity contribution is -0.184.